The van der Waals surface area contributed by atoms with Crippen LogP contribution in [0, 0.1) is 5.41 Å². The zero-order chi connectivity index (χ0) is 9.07. The number of ether oxygens (including phenoxy) is 1. The molecule has 0 rings (SSSR count). The maximum Gasteiger partial charge on any atom is 0.335 e. The van der Waals surface area contributed by atoms with E-state index in [4.69, 9.17) is 5.11 Å². The summed E-state index contributed by atoms with van der Waals surface area (Å²) in [6, 6.07) is 0. The van der Waals surface area contributed by atoms with E-state index >= 15 is 0 Å². The van der Waals surface area contributed by atoms with E-state index in [1.54, 1.807) is 13.8 Å². The van der Waals surface area contributed by atoms with Crippen molar-refractivity contribution in [3.63, 3.8) is 0 Å². The minimum atomic E-state index is -1.27. The third-order valence-electron chi connectivity index (χ3n) is 1.57. The molecule has 1 unspecified atom stereocenters. The molecule has 66 valence electrons. The topological polar surface area (TPSA) is 66.8 Å². The van der Waals surface area contributed by atoms with Gasteiger partial charge < -0.3 is 14.9 Å². The van der Waals surface area contributed by atoms with Gasteiger partial charge in [0, 0.05) is 5.41 Å². The summed E-state index contributed by atoms with van der Waals surface area (Å²) >= 11 is 0. The molecule has 2 N–H and O–H groups in total. The molecular weight excluding hydrogens is 148 g/mol. The van der Waals surface area contributed by atoms with Gasteiger partial charge in [0.15, 0.2) is 6.10 Å². The number of aliphatic hydroxyl groups is 2. The van der Waals surface area contributed by atoms with E-state index in [1.165, 1.54) is 7.11 Å². The molecule has 0 bridgehead atoms. The van der Waals surface area contributed by atoms with Gasteiger partial charge in [-0.15, -0.1) is 0 Å². The Kier molecular flexibility index (Phi) is 3.48. The van der Waals surface area contributed by atoms with Crippen LogP contribution in [0.4, 0.5) is 0 Å². The van der Waals surface area contributed by atoms with Crippen LogP contribution < -0.4 is 0 Å². The van der Waals surface area contributed by atoms with Crippen molar-refractivity contribution in [2.75, 3.05) is 13.7 Å². The summed E-state index contributed by atoms with van der Waals surface area (Å²) < 4.78 is 4.30. The lowest BCUT2D eigenvalue weighted by Gasteiger charge is -2.25. The van der Waals surface area contributed by atoms with Crippen molar-refractivity contribution in [3.8, 4) is 0 Å². The van der Waals surface area contributed by atoms with Crippen LogP contribution in [0.3, 0.4) is 0 Å². The maximum atomic E-state index is 10.7. The van der Waals surface area contributed by atoms with E-state index < -0.39 is 17.5 Å². The van der Waals surface area contributed by atoms with Crippen molar-refractivity contribution in [1.82, 2.24) is 0 Å². The van der Waals surface area contributed by atoms with Crippen molar-refractivity contribution >= 4 is 5.97 Å². The zero-order valence-electron chi connectivity index (χ0n) is 7.00. The van der Waals surface area contributed by atoms with E-state index in [1.807, 2.05) is 0 Å². The third kappa shape index (κ3) is 2.48. The Balaban J connectivity index is 4.22. The van der Waals surface area contributed by atoms with Gasteiger partial charge in [-0.05, 0) is 0 Å². The highest BCUT2D eigenvalue weighted by Gasteiger charge is 2.33. The molecule has 0 heterocycles. The Bertz CT molecular complexity index is 141. The van der Waals surface area contributed by atoms with Crippen LogP contribution in [0.15, 0.2) is 0 Å². The molecule has 4 heteroatoms. The normalized spacial score (nSPS) is 14.3. The molecule has 0 aliphatic heterocycles. The fourth-order valence-electron chi connectivity index (χ4n) is 0.517. The first kappa shape index (κ1) is 10.4. The lowest BCUT2D eigenvalue weighted by molar-refractivity contribution is -0.158. The summed E-state index contributed by atoms with van der Waals surface area (Å²) in [6.07, 6.45) is -1.27. The van der Waals surface area contributed by atoms with Gasteiger partial charge in [-0.25, -0.2) is 4.79 Å². The van der Waals surface area contributed by atoms with Gasteiger partial charge >= 0.3 is 5.97 Å². The molecule has 0 aromatic rings. The second-order valence-electron chi connectivity index (χ2n) is 3.07. The monoisotopic (exact) mass is 162 g/mol. The van der Waals surface area contributed by atoms with Crippen LogP contribution in [-0.4, -0.2) is 36.0 Å². The number of aliphatic hydroxyl groups excluding tert-OH is 2. The third-order valence-corrected chi connectivity index (χ3v) is 1.57. The van der Waals surface area contributed by atoms with Crippen LogP contribution in [0.2, 0.25) is 0 Å². The maximum absolute atomic E-state index is 10.7. The Hall–Kier alpha value is -0.610. The minimum Gasteiger partial charge on any atom is -0.467 e. The number of methoxy groups -OCH3 is 1. The Morgan fingerprint density at radius 1 is 1.64 bits per heavy atom. The second-order valence-corrected chi connectivity index (χ2v) is 3.07. The molecule has 0 saturated carbocycles. The van der Waals surface area contributed by atoms with Gasteiger partial charge in [-0.1, -0.05) is 13.8 Å². The first-order valence-electron chi connectivity index (χ1n) is 3.32. The van der Waals surface area contributed by atoms with E-state index in [-0.39, 0.29) is 6.61 Å². The molecule has 0 aromatic carbocycles. The van der Waals surface area contributed by atoms with Crippen LogP contribution in [0.5, 0.6) is 0 Å². The van der Waals surface area contributed by atoms with Crippen molar-refractivity contribution in [2.24, 2.45) is 5.41 Å². The molecule has 11 heavy (non-hydrogen) atoms. The van der Waals surface area contributed by atoms with Gasteiger partial charge in [0.1, 0.15) is 0 Å². The summed E-state index contributed by atoms with van der Waals surface area (Å²) in [6.45, 7) is 2.90. The fourth-order valence-corrected chi connectivity index (χ4v) is 0.517. The predicted molar refractivity (Wildman–Crippen MR) is 38.9 cm³/mol. The molecular formula is C7H14O4. The Morgan fingerprint density at radius 3 is 2.36 bits per heavy atom. The highest BCUT2D eigenvalue weighted by molar-refractivity contribution is 5.75. The molecule has 0 aromatic heterocycles. The molecule has 0 fully saturated rings. The van der Waals surface area contributed by atoms with Crippen molar-refractivity contribution in [2.45, 2.75) is 20.0 Å². The fraction of sp³-hybridized carbons (Fsp3) is 0.857. The second kappa shape index (κ2) is 3.69. The zero-order valence-corrected chi connectivity index (χ0v) is 7.00. The summed E-state index contributed by atoms with van der Waals surface area (Å²) in [5, 5.41) is 18.0. The average Bonchev–Trinajstić information content (AvgIpc) is 2.01. The lowest BCUT2D eigenvalue weighted by Crippen LogP contribution is -2.39. The van der Waals surface area contributed by atoms with Crippen LogP contribution in [-0.2, 0) is 9.53 Å². The first-order valence-corrected chi connectivity index (χ1v) is 3.32. The van der Waals surface area contributed by atoms with Crippen molar-refractivity contribution in [3.05, 3.63) is 0 Å². The summed E-state index contributed by atoms with van der Waals surface area (Å²) in [5.41, 5.74) is -0.840. The summed E-state index contributed by atoms with van der Waals surface area (Å²) in [4.78, 5) is 10.7. The van der Waals surface area contributed by atoms with Crippen molar-refractivity contribution < 1.29 is 19.7 Å². The molecule has 0 radical (unpaired) electrons. The Morgan fingerprint density at radius 2 is 2.09 bits per heavy atom. The number of rotatable bonds is 3. The van der Waals surface area contributed by atoms with Gasteiger partial charge in [0.2, 0.25) is 0 Å². The molecule has 4 nitrogen and oxygen atoms in total. The molecule has 0 amide bonds. The molecule has 0 aliphatic rings. The van der Waals surface area contributed by atoms with E-state index in [0.717, 1.165) is 0 Å². The smallest absolute Gasteiger partial charge is 0.335 e. The van der Waals surface area contributed by atoms with Gasteiger partial charge in [-0.3, -0.25) is 0 Å². The minimum absolute atomic E-state index is 0.261. The molecule has 0 aliphatic carbocycles. The standard InChI is InChI=1S/C7H14O4/c1-7(2,4-8)5(9)6(10)11-3/h5,8-9H,4H2,1-3H3. The van der Waals surface area contributed by atoms with E-state index in [0.29, 0.717) is 0 Å². The number of esters is 1. The number of carbonyl (C=O) groups excluding carboxylic acids is 1. The Labute approximate surface area is 65.8 Å². The number of carbonyl (C=O) groups is 1. The number of hydrogen-bond acceptors (Lipinski definition) is 4. The lowest BCUT2D eigenvalue weighted by atomic mass is 9.88. The van der Waals surface area contributed by atoms with E-state index in [2.05, 4.69) is 4.74 Å². The highest BCUT2D eigenvalue weighted by Crippen LogP contribution is 2.19. The van der Waals surface area contributed by atoms with Gasteiger partial charge in [-0.2, -0.15) is 0 Å². The molecule has 1 atom stereocenters. The number of hydrogen-bond donors (Lipinski definition) is 2. The molecule has 0 spiro atoms. The van der Waals surface area contributed by atoms with E-state index in [9.17, 15) is 9.90 Å². The van der Waals surface area contributed by atoms with Crippen LogP contribution >= 0.6 is 0 Å². The average molecular weight is 162 g/mol. The van der Waals surface area contributed by atoms with Gasteiger partial charge in [0.25, 0.3) is 0 Å². The van der Waals surface area contributed by atoms with Crippen molar-refractivity contribution in [1.29, 1.82) is 0 Å². The predicted octanol–water partition coefficient (Wildman–Crippen LogP) is -0.461. The summed E-state index contributed by atoms with van der Waals surface area (Å²) in [7, 11) is 1.19. The first-order chi connectivity index (χ1) is 4.95. The summed E-state index contributed by atoms with van der Waals surface area (Å²) in [5.74, 6) is -0.718. The largest absolute Gasteiger partial charge is 0.467 e. The van der Waals surface area contributed by atoms with Crippen LogP contribution in [0.1, 0.15) is 13.8 Å². The highest BCUT2D eigenvalue weighted by atomic mass is 16.5. The van der Waals surface area contributed by atoms with Gasteiger partial charge in [0.05, 0.1) is 13.7 Å². The van der Waals surface area contributed by atoms with Crippen LogP contribution in [0.25, 0.3) is 0 Å². The molecule has 0 saturated heterocycles. The SMILES string of the molecule is COC(=O)C(O)C(C)(C)CO. The quantitative estimate of drug-likeness (QED) is 0.551.